The number of thioether (sulfide) groups is 1. The number of rotatable bonds is 8. The normalized spacial score (nSPS) is 11.8. The highest BCUT2D eigenvalue weighted by Gasteiger charge is 2.25. The fourth-order valence-corrected chi connectivity index (χ4v) is 3.84. The SMILES string of the molecule is CNC(=O)[C@@H](C)N(Cc1ccc(Cl)c(Cl)c1)C(=O)CCSc1ccc(Cl)cc1. The van der Waals surface area contributed by atoms with Crippen molar-refractivity contribution in [2.45, 2.75) is 30.8 Å². The molecule has 1 N–H and O–H groups in total. The lowest BCUT2D eigenvalue weighted by molar-refractivity contribution is -0.140. The maximum atomic E-state index is 12.9. The van der Waals surface area contributed by atoms with Gasteiger partial charge in [0.15, 0.2) is 0 Å². The second-order valence-corrected chi connectivity index (χ2v) is 8.53. The fourth-order valence-electron chi connectivity index (χ4n) is 2.56. The molecule has 4 nitrogen and oxygen atoms in total. The number of likely N-dealkylation sites (N-methyl/N-ethyl adjacent to an activating group) is 1. The van der Waals surface area contributed by atoms with Gasteiger partial charge in [-0.3, -0.25) is 9.59 Å². The van der Waals surface area contributed by atoms with Gasteiger partial charge in [-0.05, 0) is 48.9 Å². The van der Waals surface area contributed by atoms with Crippen molar-refractivity contribution in [1.29, 1.82) is 0 Å². The molecule has 0 unspecified atom stereocenters. The van der Waals surface area contributed by atoms with Gasteiger partial charge in [-0.2, -0.15) is 0 Å². The van der Waals surface area contributed by atoms with E-state index in [0.29, 0.717) is 27.2 Å². The number of carbonyl (C=O) groups excluding carboxylic acids is 2. The van der Waals surface area contributed by atoms with Gasteiger partial charge in [-0.25, -0.2) is 0 Å². The average Bonchev–Trinajstić information content (AvgIpc) is 2.69. The number of amides is 2. The molecular formula is C20H21Cl3N2O2S. The zero-order valence-corrected chi connectivity index (χ0v) is 18.6. The minimum atomic E-state index is -0.604. The minimum Gasteiger partial charge on any atom is -0.357 e. The van der Waals surface area contributed by atoms with Gasteiger partial charge in [-0.1, -0.05) is 40.9 Å². The zero-order chi connectivity index (χ0) is 20.7. The van der Waals surface area contributed by atoms with Crippen molar-refractivity contribution in [2.24, 2.45) is 0 Å². The van der Waals surface area contributed by atoms with Gasteiger partial charge in [0.25, 0.3) is 0 Å². The third-order valence-electron chi connectivity index (χ3n) is 4.15. The van der Waals surface area contributed by atoms with E-state index in [9.17, 15) is 9.59 Å². The van der Waals surface area contributed by atoms with E-state index in [1.165, 1.54) is 0 Å². The predicted molar refractivity (Wildman–Crippen MR) is 117 cm³/mol. The van der Waals surface area contributed by atoms with E-state index in [-0.39, 0.29) is 18.4 Å². The van der Waals surface area contributed by atoms with Gasteiger partial charge in [0.1, 0.15) is 6.04 Å². The Hall–Kier alpha value is -1.40. The van der Waals surface area contributed by atoms with Gasteiger partial charge < -0.3 is 10.2 Å². The molecule has 0 heterocycles. The van der Waals surface area contributed by atoms with Crippen molar-refractivity contribution < 1.29 is 9.59 Å². The molecule has 0 aliphatic heterocycles. The third-order valence-corrected chi connectivity index (χ3v) is 6.15. The molecule has 150 valence electrons. The van der Waals surface area contributed by atoms with Crippen molar-refractivity contribution in [3.05, 3.63) is 63.1 Å². The first-order valence-corrected chi connectivity index (χ1v) is 10.8. The van der Waals surface area contributed by atoms with Crippen LogP contribution in [0.25, 0.3) is 0 Å². The number of halogens is 3. The quantitative estimate of drug-likeness (QED) is 0.545. The van der Waals surface area contributed by atoms with Crippen LogP contribution >= 0.6 is 46.6 Å². The second kappa shape index (κ2) is 11.0. The Bertz CT molecular complexity index is 831. The standard InChI is InChI=1S/C20H21Cl3N2O2S/c1-13(20(27)24-2)25(12-14-3-8-17(22)18(23)11-14)19(26)9-10-28-16-6-4-15(21)5-7-16/h3-8,11,13H,9-10,12H2,1-2H3,(H,24,27)/t13-/m1/s1. The Balaban J connectivity index is 2.06. The summed E-state index contributed by atoms with van der Waals surface area (Å²) in [5.74, 6) is 0.265. The maximum Gasteiger partial charge on any atom is 0.242 e. The summed E-state index contributed by atoms with van der Waals surface area (Å²) in [5, 5.41) is 4.13. The van der Waals surface area contributed by atoms with Crippen molar-refractivity contribution >= 4 is 58.4 Å². The van der Waals surface area contributed by atoms with Crippen molar-refractivity contribution in [3.63, 3.8) is 0 Å². The Morgan fingerprint density at radius 3 is 2.36 bits per heavy atom. The van der Waals surface area contributed by atoms with E-state index in [1.807, 2.05) is 24.3 Å². The first-order valence-electron chi connectivity index (χ1n) is 8.65. The number of hydrogen-bond donors (Lipinski definition) is 1. The first kappa shape index (κ1) is 22.9. The third kappa shape index (κ3) is 6.59. The van der Waals surface area contributed by atoms with Gasteiger partial charge in [-0.15, -0.1) is 11.8 Å². The van der Waals surface area contributed by atoms with E-state index >= 15 is 0 Å². The van der Waals surface area contributed by atoms with E-state index in [4.69, 9.17) is 34.8 Å². The summed E-state index contributed by atoms with van der Waals surface area (Å²) in [5.41, 5.74) is 0.809. The molecule has 1 atom stereocenters. The molecular weight excluding hydrogens is 439 g/mol. The highest BCUT2D eigenvalue weighted by atomic mass is 35.5. The summed E-state index contributed by atoms with van der Waals surface area (Å²) in [6, 6.07) is 12.1. The summed E-state index contributed by atoms with van der Waals surface area (Å²) < 4.78 is 0. The monoisotopic (exact) mass is 458 g/mol. The van der Waals surface area contributed by atoms with Crippen LogP contribution in [-0.4, -0.2) is 35.6 Å². The predicted octanol–water partition coefficient (Wildman–Crippen LogP) is 5.29. The number of hydrogen-bond acceptors (Lipinski definition) is 3. The summed E-state index contributed by atoms with van der Waals surface area (Å²) in [4.78, 5) is 27.6. The van der Waals surface area contributed by atoms with E-state index < -0.39 is 6.04 Å². The van der Waals surface area contributed by atoms with E-state index in [0.717, 1.165) is 10.5 Å². The first-order chi connectivity index (χ1) is 13.3. The lowest BCUT2D eigenvalue weighted by Gasteiger charge is -2.28. The lowest BCUT2D eigenvalue weighted by Crippen LogP contribution is -2.46. The molecule has 0 spiro atoms. The minimum absolute atomic E-state index is 0.108. The lowest BCUT2D eigenvalue weighted by atomic mass is 10.1. The van der Waals surface area contributed by atoms with Crippen LogP contribution in [0.5, 0.6) is 0 Å². The summed E-state index contributed by atoms with van der Waals surface area (Å²) >= 11 is 19.5. The van der Waals surface area contributed by atoms with Crippen LogP contribution < -0.4 is 5.32 Å². The van der Waals surface area contributed by atoms with Crippen LogP contribution in [-0.2, 0) is 16.1 Å². The molecule has 2 aromatic carbocycles. The Kier molecular flexibility index (Phi) is 8.96. The Morgan fingerprint density at radius 1 is 1.07 bits per heavy atom. The molecule has 0 fully saturated rings. The average molecular weight is 460 g/mol. The summed E-state index contributed by atoms with van der Waals surface area (Å²) in [6.45, 7) is 1.98. The molecule has 0 bridgehead atoms. The van der Waals surface area contributed by atoms with E-state index in [2.05, 4.69) is 5.32 Å². The molecule has 2 aromatic rings. The molecule has 8 heteroatoms. The van der Waals surface area contributed by atoms with Crippen LogP contribution in [0.3, 0.4) is 0 Å². The van der Waals surface area contributed by atoms with E-state index in [1.54, 1.807) is 48.8 Å². The molecule has 0 aliphatic carbocycles. The van der Waals surface area contributed by atoms with Gasteiger partial charge in [0, 0.05) is 35.7 Å². The van der Waals surface area contributed by atoms with Crippen LogP contribution in [0.4, 0.5) is 0 Å². The summed E-state index contributed by atoms with van der Waals surface area (Å²) in [7, 11) is 1.55. The van der Waals surface area contributed by atoms with Crippen molar-refractivity contribution in [2.75, 3.05) is 12.8 Å². The largest absolute Gasteiger partial charge is 0.357 e. The van der Waals surface area contributed by atoms with Gasteiger partial charge in [0.05, 0.1) is 10.0 Å². The Labute approximate surface area is 184 Å². The highest BCUT2D eigenvalue weighted by Crippen LogP contribution is 2.25. The van der Waals surface area contributed by atoms with Gasteiger partial charge >= 0.3 is 0 Å². The molecule has 2 rings (SSSR count). The fraction of sp³-hybridized carbons (Fsp3) is 0.300. The van der Waals surface area contributed by atoms with Crippen LogP contribution in [0, 0.1) is 0 Å². The van der Waals surface area contributed by atoms with Crippen molar-refractivity contribution in [3.8, 4) is 0 Å². The molecule has 2 amide bonds. The summed E-state index contributed by atoms with van der Waals surface area (Å²) in [6.07, 6.45) is 0.302. The zero-order valence-electron chi connectivity index (χ0n) is 15.5. The highest BCUT2D eigenvalue weighted by molar-refractivity contribution is 7.99. The Morgan fingerprint density at radius 2 is 1.75 bits per heavy atom. The molecule has 28 heavy (non-hydrogen) atoms. The molecule has 0 saturated carbocycles. The van der Waals surface area contributed by atoms with Crippen LogP contribution in [0.1, 0.15) is 18.9 Å². The van der Waals surface area contributed by atoms with Crippen molar-refractivity contribution in [1.82, 2.24) is 10.2 Å². The number of nitrogens with one attached hydrogen (secondary N) is 1. The van der Waals surface area contributed by atoms with Gasteiger partial charge in [0.2, 0.25) is 11.8 Å². The molecule has 0 aliphatic rings. The number of benzene rings is 2. The van der Waals surface area contributed by atoms with Crippen LogP contribution in [0.2, 0.25) is 15.1 Å². The molecule has 0 aromatic heterocycles. The topological polar surface area (TPSA) is 49.4 Å². The molecule has 0 radical (unpaired) electrons. The number of carbonyl (C=O) groups is 2. The second-order valence-electron chi connectivity index (χ2n) is 6.11. The smallest absolute Gasteiger partial charge is 0.242 e. The number of nitrogens with zero attached hydrogens (tertiary/aromatic N) is 1. The van der Waals surface area contributed by atoms with Crippen LogP contribution in [0.15, 0.2) is 47.4 Å². The maximum absolute atomic E-state index is 12.9. The molecule has 0 saturated heterocycles.